The third-order valence-electron chi connectivity index (χ3n) is 8.13. The van der Waals surface area contributed by atoms with Crippen molar-refractivity contribution < 1.29 is 18.3 Å². The van der Waals surface area contributed by atoms with Gasteiger partial charge in [0.25, 0.3) is 0 Å². The van der Waals surface area contributed by atoms with Gasteiger partial charge in [0.2, 0.25) is 5.91 Å². The molecule has 228 valence electrons. The Kier molecular flexibility index (Phi) is 7.52. The number of amides is 1. The van der Waals surface area contributed by atoms with E-state index in [1.807, 2.05) is 32.6 Å². The van der Waals surface area contributed by atoms with Crippen LogP contribution in [0.25, 0.3) is 28.0 Å². The van der Waals surface area contributed by atoms with Gasteiger partial charge >= 0.3 is 5.69 Å². The SMILES string of the molecule is C=CC(=O)N1C[C@H](C)N(c2nc(=O)n3c4nc(c(F)cc24)-c2c(F)cccc2OCCNc2ccnc(C(C)C)c2-3)C[C@H]1C. The van der Waals surface area contributed by atoms with Gasteiger partial charge in [-0.3, -0.25) is 9.78 Å². The van der Waals surface area contributed by atoms with Crippen LogP contribution in [0.15, 0.2) is 54.0 Å². The summed E-state index contributed by atoms with van der Waals surface area (Å²) in [6.07, 6.45) is 2.93. The summed E-state index contributed by atoms with van der Waals surface area (Å²) in [5.74, 6) is -1.46. The lowest BCUT2D eigenvalue weighted by Gasteiger charge is -2.44. The van der Waals surface area contributed by atoms with Crippen molar-refractivity contribution in [3.63, 3.8) is 0 Å². The summed E-state index contributed by atoms with van der Waals surface area (Å²) in [5.41, 5.74) is 0.636. The smallest absolute Gasteiger partial charge is 0.355 e. The van der Waals surface area contributed by atoms with E-state index in [1.165, 1.54) is 28.8 Å². The Balaban J connectivity index is 1.69. The minimum atomic E-state index is -0.799. The largest absolute Gasteiger partial charge is 0.491 e. The average Bonchev–Trinajstić information content (AvgIpc) is 2.99. The molecule has 2 atom stereocenters. The van der Waals surface area contributed by atoms with Crippen LogP contribution in [0.2, 0.25) is 0 Å². The summed E-state index contributed by atoms with van der Waals surface area (Å²) in [6.45, 7) is 12.4. The van der Waals surface area contributed by atoms with Gasteiger partial charge in [-0.05, 0) is 50.1 Å². The van der Waals surface area contributed by atoms with Crippen LogP contribution in [0.1, 0.15) is 39.3 Å². The maximum absolute atomic E-state index is 16.2. The molecule has 2 aliphatic heterocycles. The number of carbonyl (C=O) groups is 1. The topological polar surface area (TPSA) is 105 Å². The summed E-state index contributed by atoms with van der Waals surface area (Å²) in [6, 6.07) is 6.73. The maximum Gasteiger partial charge on any atom is 0.355 e. The molecule has 10 nitrogen and oxygen atoms in total. The minimum absolute atomic E-state index is 0.0913. The first kappa shape index (κ1) is 29.2. The summed E-state index contributed by atoms with van der Waals surface area (Å²) >= 11 is 0. The highest BCUT2D eigenvalue weighted by atomic mass is 19.1. The number of anilines is 2. The van der Waals surface area contributed by atoms with E-state index in [9.17, 15) is 9.59 Å². The van der Waals surface area contributed by atoms with Crippen molar-refractivity contribution in [1.29, 1.82) is 0 Å². The predicted octanol–water partition coefficient (Wildman–Crippen LogP) is 4.66. The van der Waals surface area contributed by atoms with E-state index >= 15 is 8.78 Å². The van der Waals surface area contributed by atoms with E-state index in [-0.39, 0.29) is 64.4 Å². The molecule has 0 aliphatic carbocycles. The second-order valence-electron chi connectivity index (χ2n) is 11.4. The molecule has 1 amide bonds. The fourth-order valence-electron chi connectivity index (χ4n) is 6.02. The zero-order valence-corrected chi connectivity index (χ0v) is 25.0. The molecule has 6 rings (SSSR count). The molecule has 2 bridgehead atoms. The molecular formula is C32H33F2N7O3. The van der Waals surface area contributed by atoms with Crippen LogP contribution in [-0.2, 0) is 4.79 Å². The number of aromatic nitrogens is 4. The van der Waals surface area contributed by atoms with Gasteiger partial charge in [0.1, 0.15) is 29.7 Å². The number of ether oxygens (including phenoxy) is 1. The van der Waals surface area contributed by atoms with Crippen molar-refractivity contribution in [1.82, 2.24) is 24.4 Å². The molecule has 2 aliphatic rings. The van der Waals surface area contributed by atoms with Crippen LogP contribution in [-0.4, -0.2) is 68.7 Å². The Morgan fingerprint density at radius 3 is 2.68 bits per heavy atom. The number of nitrogens with zero attached hydrogens (tertiary/aromatic N) is 6. The molecule has 5 heterocycles. The van der Waals surface area contributed by atoms with Crippen molar-refractivity contribution in [3.05, 3.63) is 77.0 Å². The monoisotopic (exact) mass is 601 g/mol. The number of rotatable bonds is 3. The Hall–Kier alpha value is -4.87. The third kappa shape index (κ3) is 4.83. The molecule has 3 aromatic heterocycles. The van der Waals surface area contributed by atoms with Gasteiger partial charge in [-0.2, -0.15) is 4.98 Å². The number of benzene rings is 1. The van der Waals surface area contributed by atoms with Gasteiger partial charge in [0.15, 0.2) is 11.5 Å². The van der Waals surface area contributed by atoms with Crippen LogP contribution < -0.4 is 20.6 Å². The first-order chi connectivity index (χ1) is 21.1. The molecule has 0 spiro atoms. The van der Waals surface area contributed by atoms with E-state index in [0.717, 1.165) is 0 Å². The number of carbonyl (C=O) groups excluding carboxylic acids is 1. The first-order valence-corrected chi connectivity index (χ1v) is 14.6. The Morgan fingerprint density at radius 1 is 1.14 bits per heavy atom. The summed E-state index contributed by atoms with van der Waals surface area (Å²) in [7, 11) is 0. The van der Waals surface area contributed by atoms with E-state index < -0.39 is 17.3 Å². The number of hydrogen-bond donors (Lipinski definition) is 1. The Labute approximate surface area is 253 Å². The van der Waals surface area contributed by atoms with Gasteiger partial charge < -0.3 is 19.9 Å². The van der Waals surface area contributed by atoms with Gasteiger partial charge in [-0.15, -0.1) is 0 Å². The predicted molar refractivity (Wildman–Crippen MR) is 165 cm³/mol. The minimum Gasteiger partial charge on any atom is -0.491 e. The van der Waals surface area contributed by atoms with Crippen molar-refractivity contribution >= 4 is 28.4 Å². The van der Waals surface area contributed by atoms with Crippen molar-refractivity contribution in [2.75, 3.05) is 36.5 Å². The zero-order valence-electron chi connectivity index (χ0n) is 25.0. The van der Waals surface area contributed by atoms with E-state index in [4.69, 9.17) is 4.74 Å². The highest BCUT2D eigenvalue weighted by Gasteiger charge is 2.34. The number of fused-ring (bicyclic) bond motifs is 5. The molecule has 0 unspecified atom stereocenters. The molecule has 44 heavy (non-hydrogen) atoms. The fraction of sp³-hybridized carbons (Fsp3) is 0.344. The Morgan fingerprint density at radius 2 is 1.93 bits per heavy atom. The van der Waals surface area contributed by atoms with Gasteiger partial charge in [0, 0.05) is 37.9 Å². The van der Waals surface area contributed by atoms with E-state index in [0.29, 0.717) is 36.7 Å². The molecular weight excluding hydrogens is 568 g/mol. The number of halogens is 2. The van der Waals surface area contributed by atoms with Gasteiger partial charge in [0.05, 0.1) is 28.0 Å². The summed E-state index contributed by atoms with van der Waals surface area (Å²) in [4.78, 5) is 44.0. The molecule has 1 aromatic carbocycles. The molecule has 0 saturated carbocycles. The number of hydrogen-bond acceptors (Lipinski definition) is 8. The molecule has 4 aromatic rings. The van der Waals surface area contributed by atoms with E-state index in [2.05, 4.69) is 26.8 Å². The lowest BCUT2D eigenvalue weighted by molar-refractivity contribution is -0.128. The van der Waals surface area contributed by atoms with Gasteiger partial charge in [-0.1, -0.05) is 26.5 Å². The molecule has 1 N–H and O–H groups in total. The quantitative estimate of drug-likeness (QED) is 0.338. The second kappa shape index (κ2) is 11.3. The van der Waals surface area contributed by atoms with Crippen molar-refractivity contribution in [2.45, 2.75) is 45.7 Å². The zero-order chi connectivity index (χ0) is 31.3. The van der Waals surface area contributed by atoms with E-state index in [1.54, 1.807) is 23.2 Å². The molecule has 0 radical (unpaired) electrons. The van der Waals surface area contributed by atoms with Crippen molar-refractivity contribution in [3.8, 4) is 22.7 Å². The highest BCUT2D eigenvalue weighted by Crippen LogP contribution is 2.38. The Bertz CT molecular complexity index is 1860. The molecule has 12 heteroatoms. The first-order valence-electron chi connectivity index (χ1n) is 14.6. The normalized spacial score (nSPS) is 18.2. The number of pyridine rings is 2. The van der Waals surface area contributed by atoms with Crippen LogP contribution in [0.5, 0.6) is 5.75 Å². The lowest BCUT2D eigenvalue weighted by atomic mass is 10.0. The maximum atomic E-state index is 16.2. The van der Waals surface area contributed by atoms with Crippen LogP contribution in [0.3, 0.4) is 0 Å². The summed E-state index contributed by atoms with van der Waals surface area (Å²) in [5, 5.41) is 3.58. The number of piperazine rings is 1. The fourth-order valence-corrected chi connectivity index (χ4v) is 6.02. The average molecular weight is 602 g/mol. The lowest BCUT2D eigenvalue weighted by Crippen LogP contribution is -2.58. The standard InChI is InChI=1S/C32H33F2N7O3/c1-6-25(42)39-15-19(5)40(16-18(39)4)30-20-14-22(34)28-26-21(33)8-7-9-24(26)44-13-12-35-23-10-11-36-27(17(2)3)29(23)41(31(20)37-28)32(43)38-30/h6-11,14,17-19,35H,1,12-13,15-16H2,2-5H3/t18-,19+/m1/s1. The van der Waals surface area contributed by atoms with Crippen LogP contribution in [0.4, 0.5) is 20.3 Å². The summed E-state index contributed by atoms with van der Waals surface area (Å²) < 4.78 is 38.8. The van der Waals surface area contributed by atoms with Crippen molar-refractivity contribution in [2.24, 2.45) is 0 Å². The molecule has 1 saturated heterocycles. The number of nitrogens with one attached hydrogen (secondary N) is 1. The third-order valence-corrected chi connectivity index (χ3v) is 8.13. The van der Waals surface area contributed by atoms with Crippen LogP contribution >= 0.6 is 0 Å². The van der Waals surface area contributed by atoms with Crippen LogP contribution in [0, 0.1) is 11.6 Å². The molecule has 1 fully saturated rings. The van der Waals surface area contributed by atoms with Gasteiger partial charge in [-0.25, -0.2) is 23.1 Å². The second-order valence-corrected chi connectivity index (χ2v) is 11.4. The highest BCUT2D eigenvalue weighted by molar-refractivity contribution is 5.92.